The highest BCUT2D eigenvalue weighted by Crippen LogP contribution is 2.42. The predicted octanol–water partition coefficient (Wildman–Crippen LogP) is 2.81. The second kappa shape index (κ2) is 6.44. The standard InChI is InChI=1S/C21H21N3O3S/c25-18(23-11-4-6-14-5-1-2-7-16(14)23)13-24-19(26)21(22-20(24)27)10-3-8-17-15(21)9-12-28-17/h1-2,5,7,9,12H,3-4,6,8,10-11,13H2,(H,22,27)/t21-/m0/s1. The van der Waals surface area contributed by atoms with Crippen LogP contribution < -0.4 is 10.2 Å². The SMILES string of the molecule is O=C1N[C@]2(CCCc3sccc32)C(=O)N1CC(=O)N1CCCc2ccccc21. The number of thiophene rings is 1. The Morgan fingerprint density at radius 3 is 2.89 bits per heavy atom. The zero-order valence-electron chi connectivity index (χ0n) is 15.4. The van der Waals surface area contributed by atoms with Crippen molar-refractivity contribution in [2.45, 2.75) is 37.6 Å². The third kappa shape index (κ3) is 2.49. The fourth-order valence-electron chi connectivity index (χ4n) is 4.70. The highest BCUT2D eigenvalue weighted by molar-refractivity contribution is 7.10. The maximum atomic E-state index is 13.3. The van der Waals surface area contributed by atoms with Gasteiger partial charge < -0.3 is 10.2 Å². The number of rotatable bonds is 2. The number of nitrogens with one attached hydrogen (secondary N) is 1. The minimum absolute atomic E-state index is 0.214. The molecule has 3 heterocycles. The van der Waals surface area contributed by atoms with Crippen LogP contribution in [0.5, 0.6) is 0 Å². The molecule has 0 unspecified atom stereocenters. The molecule has 144 valence electrons. The van der Waals surface area contributed by atoms with Crippen LogP contribution in [0.4, 0.5) is 10.5 Å². The highest BCUT2D eigenvalue weighted by Gasteiger charge is 2.54. The molecule has 1 aromatic carbocycles. The number of imide groups is 1. The van der Waals surface area contributed by atoms with Crippen molar-refractivity contribution in [2.24, 2.45) is 0 Å². The normalized spacial score (nSPS) is 23.6. The van der Waals surface area contributed by atoms with Gasteiger partial charge in [-0.25, -0.2) is 4.79 Å². The van der Waals surface area contributed by atoms with E-state index in [1.165, 1.54) is 0 Å². The first-order valence-corrected chi connectivity index (χ1v) is 10.6. The van der Waals surface area contributed by atoms with Crippen LogP contribution in [0.25, 0.3) is 0 Å². The summed E-state index contributed by atoms with van der Waals surface area (Å²) in [4.78, 5) is 43.0. The topological polar surface area (TPSA) is 69.7 Å². The van der Waals surface area contributed by atoms with Gasteiger partial charge in [-0.1, -0.05) is 18.2 Å². The van der Waals surface area contributed by atoms with E-state index >= 15 is 0 Å². The lowest BCUT2D eigenvalue weighted by Crippen LogP contribution is -2.47. The van der Waals surface area contributed by atoms with Gasteiger partial charge in [0, 0.05) is 22.7 Å². The van der Waals surface area contributed by atoms with Gasteiger partial charge in [0.2, 0.25) is 5.91 Å². The van der Waals surface area contributed by atoms with Crippen molar-refractivity contribution in [3.63, 3.8) is 0 Å². The number of hydrogen-bond donors (Lipinski definition) is 1. The first-order chi connectivity index (χ1) is 13.6. The number of urea groups is 1. The van der Waals surface area contributed by atoms with Crippen molar-refractivity contribution < 1.29 is 14.4 Å². The van der Waals surface area contributed by atoms with Crippen molar-refractivity contribution in [1.29, 1.82) is 0 Å². The summed E-state index contributed by atoms with van der Waals surface area (Å²) in [5.74, 6) is -0.510. The van der Waals surface area contributed by atoms with Crippen LogP contribution >= 0.6 is 11.3 Å². The second-order valence-corrected chi connectivity index (χ2v) is 8.62. The number of benzene rings is 1. The van der Waals surface area contributed by atoms with Crippen molar-refractivity contribution in [2.75, 3.05) is 18.0 Å². The Balaban J connectivity index is 1.41. The molecule has 1 fully saturated rings. The molecular weight excluding hydrogens is 374 g/mol. The molecule has 1 atom stereocenters. The molecule has 1 N–H and O–H groups in total. The lowest BCUT2D eigenvalue weighted by atomic mass is 9.80. The summed E-state index contributed by atoms with van der Waals surface area (Å²) in [5.41, 5.74) is 1.93. The number of amides is 4. The van der Waals surface area contributed by atoms with Crippen LogP contribution in [0.15, 0.2) is 35.7 Å². The number of anilines is 1. The molecule has 7 heteroatoms. The summed E-state index contributed by atoms with van der Waals surface area (Å²) in [6.45, 7) is 0.388. The van der Waals surface area contributed by atoms with E-state index in [1.807, 2.05) is 35.7 Å². The molecule has 0 radical (unpaired) electrons. The number of carbonyl (C=O) groups excluding carboxylic acids is 3. The third-order valence-electron chi connectivity index (χ3n) is 6.04. The number of nitrogens with zero attached hydrogens (tertiary/aromatic N) is 2. The van der Waals surface area contributed by atoms with Crippen LogP contribution in [0.1, 0.15) is 35.3 Å². The van der Waals surface area contributed by atoms with Crippen LogP contribution in [-0.2, 0) is 28.0 Å². The molecule has 5 rings (SSSR count). The zero-order valence-corrected chi connectivity index (χ0v) is 16.3. The van der Waals surface area contributed by atoms with Gasteiger partial charge in [0.05, 0.1) is 0 Å². The lowest BCUT2D eigenvalue weighted by molar-refractivity contribution is -0.135. The Hall–Kier alpha value is -2.67. The summed E-state index contributed by atoms with van der Waals surface area (Å²) >= 11 is 1.62. The van der Waals surface area contributed by atoms with Crippen molar-refractivity contribution in [1.82, 2.24) is 10.2 Å². The third-order valence-corrected chi connectivity index (χ3v) is 7.02. The Bertz CT molecular complexity index is 985. The minimum Gasteiger partial charge on any atom is -0.319 e. The van der Waals surface area contributed by atoms with E-state index in [-0.39, 0.29) is 18.4 Å². The molecule has 2 aliphatic heterocycles. The molecule has 1 saturated heterocycles. The fraction of sp³-hybridized carbons (Fsp3) is 0.381. The first kappa shape index (κ1) is 17.4. The van der Waals surface area contributed by atoms with E-state index in [0.717, 1.165) is 52.3 Å². The maximum absolute atomic E-state index is 13.3. The Morgan fingerprint density at radius 2 is 2.00 bits per heavy atom. The highest BCUT2D eigenvalue weighted by atomic mass is 32.1. The van der Waals surface area contributed by atoms with Gasteiger partial charge in [-0.15, -0.1) is 11.3 Å². The molecule has 1 aliphatic carbocycles. The van der Waals surface area contributed by atoms with Crippen LogP contribution in [0.3, 0.4) is 0 Å². The molecule has 2 aromatic rings. The monoisotopic (exact) mass is 395 g/mol. The van der Waals surface area contributed by atoms with E-state index in [9.17, 15) is 14.4 Å². The van der Waals surface area contributed by atoms with Crippen molar-refractivity contribution in [3.05, 3.63) is 51.7 Å². The maximum Gasteiger partial charge on any atom is 0.325 e. The van der Waals surface area contributed by atoms with E-state index in [4.69, 9.17) is 0 Å². The van der Waals surface area contributed by atoms with Crippen LogP contribution in [0.2, 0.25) is 0 Å². The number of hydrogen-bond acceptors (Lipinski definition) is 4. The Kier molecular flexibility index (Phi) is 4.01. The van der Waals surface area contributed by atoms with Gasteiger partial charge in [0.1, 0.15) is 12.1 Å². The fourth-order valence-corrected chi connectivity index (χ4v) is 5.70. The van der Waals surface area contributed by atoms with E-state index in [2.05, 4.69) is 5.32 Å². The molecule has 0 saturated carbocycles. The molecule has 28 heavy (non-hydrogen) atoms. The number of fused-ring (bicyclic) bond motifs is 3. The van der Waals surface area contributed by atoms with Gasteiger partial charge in [0.15, 0.2) is 0 Å². The van der Waals surface area contributed by atoms with E-state index in [1.54, 1.807) is 16.2 Å². The van der Waals surface area contributed by atoms with Gasteiger partial charge in [0.25, 0.3) is 5.91 Å². The molecule has 1 spiro atoms. The zero-order chi connectivity index (χ0) is 19.3. The summed E-state index contributed by atoms with van der Waals surface area (Å²) in [6.07, 6.45) is 4.18. The van der Waals surface area contributed by atoms with Gasteiger partial charge in [-0.2, -0.15) is 0 Å². The summed E-state index contributed by atoms with van der Waals surface area (Å²) in [5, 5.41) is 4.88. The van der Waals surface area contributed by atoms with Crippen LogP contribution in [0, 0.1) is 0 Å². The van der Waals surface area contributed by atoms with Crippen LogP contribution in [-0.4, -0.2) is 35.8 Å². The summed E-state index contributed by atoms with van der Waals surface area (Å²) in [6, 6.07) is 9.30. The summed E-state index contributed by atoms with van der Waals surface area (Å²) < 4.78 is 0. The largest absolute Gasteiger partial charge is 0.325 e. The van der Waals surface area contributed by atoms with Crippen molar-refractivity contribution >= 4 is 34.9 Å². The Labute approximate surface area is 167 Å². The quantitative estimate of drug-likeness (QED) is 0.795. The smallest absolute Gasteiger partial charge is 0.319 e. The molecule has 0 bridgehead atoms. The van der Waals surface area contributed by atoms with Gasteiger partial charge in [-0.3, -0.25) is 14.5 Å². The number of para-hydroxylation sites is 1. The molecule has 4 amide bonds. The predicted molar refractivity (Wildman–Crippen MR) is 106 cm³/mol. The molecule has 3 aliphatic rings. The first-order valence-electron chi connectivity index (χ1n) is 9.69. The lowest BCUT2D eigenvalue weighted by Gasteiger charge is -2.32. The average molecular weight is 395 g/mol. The van der Waals surface area contributed by atoms with Gasteiger partial charge >= 0.3 is 6.03 Å². The molecular formula is C21H21N3O3S. The van der Waals surface area contributed by atoms with E-state index < -0.39 is 11.6 Å². The number of carbonyl (C=O) groups is 3. The molecule has 1 aromatic heterocycles. The molecule has 6 nitrogen and oxygen atoms in total. The van der Waals surface area contributed by atoms with Crippen molar-refractivity contribution in [3.8, 4) is 0 Å². The summed E-state index contributed by atoms with van der Waals surface area (Å²) in [7, 11) is 0. The minimum atomic E-state index is -0.995. The second-order valence-electron chi connectivity index (χ2n) is 7.62. The van der Waals surface area contributed by atoms with Gasteiger partial charge in [-0.05, 0) is 55.2 Å². The average Bonchev–Trinajstić information content (AvgIpc) is 3.28. The van der Waals surface area contributed by atoms with E-state index in [0.29, 0.717) is 13.0 Å². The Morgan fingerprint density at radius 1 is 1.14 bits per heavy atom. The number of aryl methyl sites for hydroxylation is 2.